The van der Waals surface area contributed by atoms with Gasteiger partial charge in [0.15, 0.2) is 5.76 Å². The number of hydrogen-bond acceptors (Lipinski definition) is 6. The Balaban J connectivity index is 1.97. The van der Waals surface area contributed by atoms with Crippen molar-refractivity contribution in [3.05, 3.63) is 45.8 Å². The molecule has 8 heteroatoms. The number of nitrogens with zero attached hydrogens (tertiary/aromatic N) is 3. The Labute approximate surface area is 151 Å². The largest absolute Gasteiger partial charge is 0.502 e. The molecule has 1 amide bonds. The van der Waals surface area contributed by atoms with Crippen LogP contribution in [0.15, 0.2) is 27.7 Å². The molecule has 0 aliphatic carbocycles. The van der Waals surface area contributed by atoms with E-state index in [-0.39, 0.29) is 12.2 Å². The Bertz CT molecular complexity index is 836. The molecule has 8 nitrogen and oxygen atoms in total. The third kappa shape index (κ3) is 4.13. The van der Waals surface area contributed by atoms with Gasteiger partial charge in [0.1, 0.15) is 5.76 Å². The van der Waals surface area contributed by atoms with Crippen molar-refractivity contribution >= 4 is 5.91 Å². The van der Waals surface area contributed by atoms with Gasteiger partial charge >= 0.3 is 0 Å². The number of aryl methyl sites for hydroxylation is 1. The standard InChI is InChI=1S/C18H24N4O4/c1-21-10-12(9-20-21)14(8-16(19)24)18-17(25)15(23)7-13(26-18)11-22-5-3-2-4-6-22/h7,9-10,14,25H,2-6,8,11H2,1H3,(H2,19,24). The Morgan fingerprint density at radius 3 is 2.73 bits per heavy atom. The Kier molecular flexibility index (Phi) is 5.41. The van der Waals surface area contributed by atoms with E-state index < -0.39 is 23.0 Å². The zero-order chi connectivity index (χ0) is 18.7. The minimum Gasteiger partial charge on any atom is -0.502 e. The van der Waals surface area contributed by atoms with Crippen molar-refractivity contribution in [3.63, 3.8) is 0 Å². The number of piperidine rings is 1. The quantitative estimate of drug-likeness (QED) is 0.796. The summed E-state index contributed by atoms with van der Waals surface area (Å²) in [5, 5.41) is 14.4. The van der Waals surface area contributed by atoms with Crippen molar-refractivity contribution in [2.45, 2.75) is 38.1 Å². The maximum atomic E-state index is 12.3. The summed E-state index contributed by atoms with van der Waals surface area (Å²) in [4.78, 5) is 26.0. The molecule has 0 radical (unpaired) electrons. The van der Waals surface area contributed by atoms with Crippen LogP contribution in [0, 0.1) is 0 Å². The molecule has 1 atom stereocenters. The molecular weight excluding hydrogens is 336 g/mol. The van der Waals surface area contributed by atoms with Crippen LogP contribution in [-0.4, -0.2) is 38.8 Å². The van der Waals surface area contributed by atoms with Gasteiger partial charge in [0, 0.05) is 31.3 Å². The minimum absolute atomic E-state index is 0.0660. The number of amides is 1. The first-order valence-corrected chi connectivity index (χ1v) is 8.79. The highest BCUT2D eigenvalue weighted by atomic mass is 16.4. The van der Waals surface area contributed by atoms with Crippen LogP contribution in [0.1, 0.15) is 48.7 Å². The van der Waals surface area contributed by atoms with E-state index in [2.05, 4.69) is 10.00 Å². The van der Waals surface area contributed by atoms with Crippen LogP contribution in [-0.2, 0) is 18.4 Å². The maximum absolute atomic E-state index is 12.3. The smallest absolute Gasteiger partial charge is 0.227 e. The van der Waals surface area contributed by atoms with E-state index in [1.54, 1.807) is 24.1 Å². The highest BCUT2D eigenvalue weighted by Gasteiger charge is 2.26. The average molecular weight is 360 g/mol. The number of primary amides is 1. The van der Waals surface area contributed by atoms with E-state index >= 15 is 0 Å². The molecule has 2 aromatic heterocycles. The van der Waals surface area contributed by atoms with E-state index in [4.69, 9.17) is 10.2 Å². The third-order valence-corrected chi connectivity index (χ3v) is 4.68. The molecule has 0 aromatic carbocycles. The molecule has 0 bridgehead atoms. The van der Waals surface area contributed by atoms with Gasteiger partial charge in [0.25, 0.3) is 0 Å². The fourth-order valence-electron chi connectivity index (χ4n) is 3.39. The first-order chi connectivity index (χ1) is 12.4. The number of aromatic nitrogens is 2. The number of likely N-dealkylation sites (tertiary alicyclic amines) is 1. The van der Waals surface area contributed by atoms with Crippen molar-refractivity contribution in [1.29, 1.82) is 0 Å². The van der Waals surface area contributed by atoms with Gasteiger partial charge in [-0.3, -0.25) is 19.2 Å². The molecule has 1 saturated heterocycles. The summed E-state index contributed by atoms with van der Waals surface area (Å²) in [6.07, 6.45) is 6.65. The highest BCUT2D eigenvalue weighted by molar-refractivity contribution is 5.75. The summed E-state index contributed by atoms with van der Waals surface area (Å²) in [7, 11) is 1.74. The van der Waals surface area contributed by atoms with Crippen LogP contribution in [0.25, 0.3) is 0 Å². The topological polar surface area (TPSA) is 115 Å². The predicted molar refractivity (Wildman–Crippen MR) is 94.6 cm³/mol. The van der Waals surface area contributed by atoms with E-state index in [0.717, 1.165) is 25.9 Å². The van der Waals surface area contributed by atoms with Crippen molar-refractivity contribution < 1.29 is 14.3 Å². The second kappa shape index (κ2) is 7.74. The van der Waals surface area contributed by atoms with Gasteiger partial charge in [-0.1, -0.05) is 6.42 Å². The molecule has 0 saturated carbocycles. The molecule has 1 aliphatic rings. The number of carbonyl (C=O) groups is 1. The molecule has 0 spiro atoms. The summed E-state index contributed by atoms with van der Waals surface area (Å²) in [6.45, 7) is 2.40. The van der Waals surface area contributed by atoms with Gasteiger partial charge in [0.05, 0.1) is 18.7 Å². The first kappa shape index (κ1) is 18.2. The predicted octanol–water partition coefficient (Wildman–Crippen LogP) is 1.07. The Morgan fingerprint density at radius 1 is 1.38 bits per heavy atom. The summed E-state index contributed by atoms with van der Waals surface area (Å²) < 4.78 is 7.46. The normalized spacial score (nSPS) is 16.5. The second-order valence-electron chi connectivity index (χ2n) is 6.80. The SMILES string of the molecule is Cn1cc(C(CC(N)=O)c2oc(CN3CCCCC3)cc(=O)c2O)cn1. The van der Waals surface area contributed by atoms with Crippen LogP contribution in [0.3, 0.4) is 0 Å². The second-order valence-corrected chi connectivity index (χ2v) is 6.80. The lowest BCUT2D eigenvalue weighted by molar-refractivity contribution is -0.118. The van der Waals surface area contributed by atoms with Gasteiger partial charge < -0.3 is 15.3 Å². The van der Waals surface area contributed by atoms with Crippen molar-refractivity contribution in [2.75, 3.05) is 13.1 Å². The Morgan fingerprint density at radius 2 is 2.12 bits per heavy atom. The lowest BCUT2D eigenvalue weighted by Crippen LogP contribution is -2.29. The van der Waals surface area contributed by atoms with Gasteiger partial charge in [-0.15, -0.1) is 0 Å². The number of rotatable bonds is 6. The fourth-order valence-corrected chi connectivity index (χ4v) is 3.39. The summed E-state index contributed by atoms with van der Waals surface area (Å²) >= 11 is 0. The molecule has 140 valence electrons. The molecule has 1 aliphatic heterocycles. The van der Waals surface area contributed by atoms with Gasteiger partial charge in [-0.25, -0.2) is 0 Å². The van der Waals surface area contributed by atoms with Crippen molar-refractivity contribution in [1.82, 2.24) is 14.7 Å². The monoisotopic (exact) mass is 360 g/mol. The van der Waals surface area contributed by atoms with Crippen LogP contribution in [0.4, 0.5) is 0 Å². The van der Waals surface area contributed by atoms with Crippen LogP contribution >= 0.6 is 0 Å². The number of hydrogen-bond donors (Lipinski definition) is 2. The van der Waals surface area contributed by atoms with E-state index in [0.29, 0.717) is 17.9 Å². The average Bonchev–Trinajstić information content (AvgIpc) is 3.03. The van der Waals surface area contributed by atoms with E-state index in [1.807, 2.05) is 0 Å². The molecule has 26 heavy (non-hydrogen) atoms. The highest BCUT2D eigenvalue weighted by Crippen LogP contribution is 2.32. The minimum atomic E-state index is -0.657. The fraction of sp³-hybridized carbons (Fsp3) is 0.500. The van der Waals surface area contributed by atoms with Crippen LogP contribution in [0.2, 0.25) is 0 Å². The van der Waals surface area contributed by atoms with Crippen molar-refractivity contribution in [3.8, 4) is 5.75 Å². The molecular formula is C18H24N4O4. The number of nitrogens with two attached hydrogens (primary N) is 1. The van der Waals surface area contributed by atoms with Crippen molar-refractivity contribution in [2.24, 2.45) is 12.8 Å². The molecule has 1 fully saturated rings. The first-order valence-electron chi connectivity index (χ1n) is 8.79. The molecule has 3 N–H and O–H groups in total. The van der Waals surface area contributed by atoms with E-state index in [9.17, 15) is 14.7 Å². The van der Waals surface area contributed by atoms with Crippen LogP contribution in [0.5, 0.6) is 5.75 Å². The van der Waals surface area contributed by atoms with Gasteiger partial charge in [-0.05, 0) is 25.9 Å². The summed E-state index contributed by atoms with van der Waals surface area (Å²) in [5.74, 6) is -1.15. The number of aromatic hydroxyl groups is 1. The maximum Gasteiger partial charge on any atom is 0.227 e. The van der Waals surface area contributed by atoms with Gasteiger partial charge in [-0.2, -0.15) is 5.10 Å². The van der Waals surface area contributed by atoms with Crippen LogP contribution < -0.4 is 11.2 Å². The lowest BCUT2D eigenvalue weighted by Gasteiger charge is -2.26. The van der Waals surface area contributed by atoms with Gasteiger partial charge in [0.2, 0.25) is 17.1 Å². The molecule has 1 unspecified atom stereocenters. The number of carbonyl (C=O) groups excluding carboxylic acids is 1. The lowest BCUT2D eigenvalue weighted by atomic mass is 9.94. The molecule has 3 heterocycles. The summed E-state index contributed by atoms with van der Waals surface area (Å²) in [5.41, 5.74) is 5.51. The molecule has 2 aromatic rings. The zero-order valence-electron chi connectivity index (χ0n) is 14.9. The molecule has 3 rings (SSSR count). The zero-order valence-corrected chi connectivity index (χ0v) is 14.9. The summed E-state index contributed by atoms with van der Waals surface area (Å²) in [6, 6.07) is 1.32. The Hall–Kier alpha value is -2.61. The van der Waals surface area contributed by atoms with E-state index in [1.165, 1.54) is 12.5 Å². The third-order valence-electron chi connectivity index (χ3n) is 4.68.